The lowest BCUT2D eigenvalue weighted by Crippen LogP contribution is -2.43. The van der Waals surface area contributed by atoms with Crippen LogP contribution in [0.5, 0.6) is 0 Å². The molecule has 1 N–H and O–H groups in total. The first-order chi connectivity index (χ1) is 10.00. The predicted molar refractivity (Wildman–Crippen MR) is 83.4 cm³/mol. The molecule has 0 bridgehead atoms. The normalized spacial score (nSPS) is 22.0. The zero-order chi connectivity index (χ0) is 15.3. The second-order valence-electron chi connectivity index (χ2n) is 6.84. The molecule has 0 radical (unpaired) electrons. The molecule has 3 heteroatoms. The molecule has 3 nitrogen and oxygen atoms in total. The average molecular weight is 284 g/mol. The van der Waals surface area contributed by atoms with Gasteiger partial charge >= 0.3 is 0 Å². The molecule has 1 aromatic carbocycles. The van der Waals surface area contributed by atoms with E-state index in [0.29, 0.717) is 6.42 Å². The summed E-state index contributed by atoms with van der Waals surface area (Å²) in [6.45, 7) is 4.49. The minimum atomic E-state index is -0.600. The smallest absolute Gasteiger partial charge is 0.237 e. The Bertz CT molecular complexity index is 516. The number of hydrogen-bond acceptors (Lipinski definition) is 2. The minimum absolute atomic E-state index is 0.121. The first-order valence-corrected chi connectivity index (χ1v) is 7.74. The number of rotatable bonds is 4. The van der Waals surface area contributed by atoms with Gasteiger partial charge in [0.15, 0.2) is 0 Å². The van der Waals surface area contributed by atoms with Crippen molar-refractivity contribution in [3.8, 4) is 6.07 Å². The van der Waals surface area contributed by atoms with Crippen LogP contribution in [0.3, 0.4) is 0 Å². The molecule has 0 aliphatic heterocycles. The molecule has 1 fully saturated rings. The maximum atomic E-state index is 12.3. The van der Waals surface area contributed by atoms with Crippen LogP contribution in [0.2, 0.25) is 0 Å². The highest BCUT2D eigenvalue weighted by Gasteiger charge is 2.30. The lowest BCUT2D eigenvalue weighted by molar-refractivity contribution is -0.124. The molecule has 0 heterocycles. The van der Waals surface area contributed by atoms with Crippen molar-refractivity contribution in [1.82, 2.24) is 5.32 Å². The molecule has 2 rings (SSSR count). The van der Waals surface area contributed by atoms with Gasteiger partial charge in [-0.1, -0.05) is 50.6 Å². The summed E-state index contributed by atoms with van der Waals surface area (Å²) in [6, 6.07) is 12.1. The van der Waals surface area contributed by atoms with Crippen molar-refractivity contribution in [3.63, 3.8) is 0 Å². The topological polar surface area (TPSA) is 52.9 Å². The molecular formula is C18H24N2O. The number of carbonyl (C=O) groups is 1. The highest BCUT2D eigenvalue weighted by molar-refractivity contribution is 5.81. The Labute approximate surface area is 127 Å². The summed E-state index contributed by atoms with van der Waals surface area (Å²) in [5.41, 5.74) is 1.32. The highest BCUT2D eigenvalue weighted by atomic mass is 16.1. The second-order valence-corrected chi connectivity index (χ2v) is 6.84. The summed E-state index contributed by atoms with van der Waals surface area (Å²) in [5, 5.41) is 12.4. The molecule has 21 heavy (non-hydrogen) atoms. The summed E-state index contributed by atoms with van der Waals surface area (Å²) in [5.74, 6) is -0.721. The van der Waals surface area contributed by atoms with Crippen LogP contribution in [0.15, 0.2) is 30.3 Å². The fourth-order valence-corrected chi connectivity index (χ4v) is 3.17. The zero-order valence-corrected chi connectivity index (χ0v) is 12.9. The number of carbonyl (C=O) groups excluding carboxylic acids is 1. The Morgan fingerprint density at radius 2 is 2.14 bits per heavy atom. The molecule has 1 amide bonds. The third-order valence-electron chi connectivity index (χ3n) is 4.31. The molecule has 1 saturated carbocycles. The molecule has 2 atom stereocenters. The Hall–Kier alpha value is -1.82. The van der Waals surface area contributed by atoms with Gasteiger partial charge in [0.2, 0.25) is 5.91 Å². The fourth-order valence-electron chi connectivity index (χ4n) is 3.17. The second kappa shape index (κ2) is 6.76. The third-order valence-corrected chi connectivity index (χ3v) is 4.31. The average Bonchev–Trinajstić information content (AvgIpc) is 2.44. The number of amides is 1. The van der Waals surface area contributed by atoms with E-state index in [1.807, 2.05) is 30.3 Å². The zero-order valence-electron chi connectivity index (χ0n) is 12.9. The molecule has 1 aliphatic carbocycles. The summed E-state index contributed by atoms with van der Waals surface area (Å²) in [4.78, 5) is 12.3. The molecule has 0 spiro atoms. The van der Waals surface area contributed by atoms with E-state index in [0.717, 1.165) is 24.8 Å². The maximum Gasteiger partial charge on any atom is 0.237 e. The van der Waals surface area contributed by atoms with Crippen LogP contribution in [-0.2, 0) is 11.2 Å². The minimum Gasteiger partial charge on any atom is -0.352 e. The van der Waals surface area contributed by atoms with E-state index in [-0.39, 0.29) is 17.4 Å². The Kier molecular flexibility index (Phi) is 5.01. The van der Waals surface area contributed by atoms with Crippen molar-refractivity contribution in [2.75, 3.05) is 0 Å². The van der Waals surface area contributed by atoms with E-state index in [9.17, 15) is 10.1 Å². The molecule has 0 aromatic heterocycles. The van der Waals surface area contributed by atoms with E-state index in [4.69, 9.17) is 0 Å². The van der Waals surface area contributed by atoms with Crippen LogP contribution in [-0.4, -0.2) is 11.9 Å². The van der Waals surface area contributed by atoms with Gasteiger partial charge in [-0.2, -0.15) is 5.26 Å². The maximum absolute atomic E-state index is 12.3. The lowest BCUT2D eigenvalue weighted by atomic mass is 9.75. The van der Waals surface area contributed by atoms with Crippen molar-refractivity contribution in [2.45, 2.75) is 52.0 Å². The fraction of sp³-hybridized carbons (Fsp3) is 0.556. The van der Waals surface area contributed by atoms with Gasteiger partial charge in [-0.05, 0) is 36.7 Å². The lowest BCUT2D eigenvalue weighted by Gasteiger charge is -2.35. The Morgan fingerprint density at radius 3 is 2.76 bits per heavy atom. The van der Waals surface area contributed by atoms with Crippen LogP contribution in [0, 0.1) is 22.7 Å². The Balaban J connectivity index is 1.93. The number of nitrogens with zero attached hydrogens (tertiary/aromatic N) is 1. The first-order valence-electron chi connectivity index (χ1n) is 7.74. The van der Waals surface area contributed by atoms with Crippen molar-refractivity contribution in [2.24, 2.45) is 11.3 Å². The number of hydrogen-bond donors (Lipinski definition) is 1. The van der Waals surface area contributed by atoms with E-state index in [1.165, 1.54) is 6.42 Å². The molecule has 2 unspecified atom stereocenters. The summed E-state index contributed by atoms with van der Waals surface area (Å²) in [6.07, 6.45) is 4.87. The summed E-state index contributed by atoms with van der Waals surface area (Å²) in [7, 11) is 0. The molecular weight excluding hydrogens is 260 g/mol. The van der Waals surface area contributed by atoms with Gasteiger partial charge in [0, 0.05) is 6.04 Å². The van der Waals surface area contributed by atoms with Gasteiger partial charge < -0.3 is 5.32 Å². The molecule has 1 aliphatic rings. The van der Waals surface area contributed by atoms with Crippen molar-refractivity contribution in [1.29, 1.82) is 5.26 Å². The first kappa shape index (κ1) is 15.6. The van der Waals surface area contributed by atoms with Crippen LogP contribution in [0.25, 0.3) is 0 Å². The van der Waals surface area contributed by atoms with Crippen LogP contribution >= 0.6 is 0 Å². The summed E-state index contributed by atoms with van der Waals surface area (Å²) >= 11 is 0. The molecule has 1 aromatic rings. The Morgan fingerprint density at radius 1 is 1.43 bits per heavy atom. The van der Waals surface area contributed by atoms with Gasteiger partial charge in [-0.15, -0.1) is 0 Å². The number of nitrogens with one attached hydrogen (secondary N) is 1. The van der Waals surface area contributed by atoms with Crippen molar-refractivity contribution >= 4 is 5.91 Å². The molecule has 0 saturated heterocycles. The van der Waals surface area contributed by atoms with Gasteiger partial charge in [0.1, 0.15) is 5.92 Å². The quantitative estimate of drug-likeness (QED) is 0.920. The van der Waals surface area contributed by atoms with Crippen LogP contribution < -0.4 is 5.32 Å². The highest BCUT2D eigenvalue weighted by Crippen LogP contribution is 2.35. The summed E-state index contributed by atoms with van der Waals surface area (Å²) < 4.78 is 0. The van der Waals surface area contributed by atoms with Gasteiger partial charge in [0.25, 0.3) is 0 Å². The van der Waals surface area contributed by atoms with Crippen LogP contribution in [0.1, 0.15) is 45.1 Å². The van der Waals surface area contributed by atoms with Gasteiger partial charge in [-0.25, -0.2) is 0 Å². The van der Waals surface area contributed by atoms with E-state index in [2.05, 4.69) is 25.2 Å². The van der Waals surface area contributed by atoms with Crippen molar-refractivity contribution in [3.05, 3.63) is 35.9 Å². The van der Waals surface area contributed by atoms with Gasteiger partial charge in [-0.3, -0.25) is 4.79 Å². The van der Waals surface area contributed by atoms with E-state index >= 15 is 0 Å². The standard InChI is InChI=1S/C18H24N2O/c1-18(2)10-6-9-16(12-18)20-17(21)15(13-19)11-14-7-4-3-5-8-14/h3-5,7-8,15-16H,6,9-12H2,1-2H3,(H,20,21). The predicted octanol–water partition coefficient (Wildman–Crippen LogP) is 3.45. The van der Waals surface area contributed by atoms with Crippen molar-refractivity contribution < 1.29 is 4.79 Å². The van der Waals surface area contributed by atoms with E-state index in [1.54, 1.807) is 0 Å². The third kappa shape index (κ3) is 4.60. The van der Waals surface area contributed by atoms with E-state index < -0.39 is 5.92 Å². The monoisotopic (exact) mass is 284 g/mol. The van der Waals surface area contributed by atoms with Crippen LogP contribution in [0.4, 0.5) is 0 Å². The molecule has 112 valence electrons. The van der Waals surface area contributed by atoms with Gasteiger partial charge in [0.05, 0.1) is 6.07 Å². The number of nitriles is 1. The SMILES string of the molecule is CC1(C)CCCC(NC(=O)C(C#N)Cc2ccccc2)C1. The number of benzene rings is 1. The largest absolute Gasteiger partial charge is 0.352 e.